The van der Waals surface area contributed by atoms with Crippen molar-refractivity contribution in [3.8, 4) is 17.0 Å². The van der Waals surface area contributed by atoms with E-state index in [1.807, 2.05) is 43.3 Å². The first-order valence-corrected chi connectivity index (χ1v) is 9.42. The van der Waals surface area contributed by atoms with Gasteiger partial charge in [-0.2, -0.15) is 0 Å². The van der Waals surface area contributed by atoms with Gasteiger partial charge in [0.05, 0.1) is 12.8 Å². The van der Waals surface area contributed by atoms with Crippen LogP contribution in [0.2, 0.25) is 0 Å². The molecule has 0 aliphatic heterocycles. The normalized spacial score (nSPS) is 11.8. The van der Waals surface area contributed by atoms with Gasteiger partial charge >= 0.3 is 0 Å². The van der Waals surface area contributed by atoms with Crippen LogP contribution in [0.15, 0.2) is 40.9 Å². The highest BCUT2D eigenvalue weighted by molar-refractivity contribution is 9.10. The molecule has 0 bridgehead atoms. The lowest BCUT2D eigenvalue weighted by Crippen LogP contribution is -2.13. The van der Waals surface area contributed by atoms with Crippen LogP contribution in [-0.4, -0.2) is 18.0 Å². The fourth-order valence-electron chi connectivity index (χ4n) is 3.08. The van der Waals surface area contributed by atoms with Gasteiger partial charge in [0.1, 0.15) is 5.75 Å². The molecular formula is C19H15BrN2O2S. The zero-order valence-electron chi connectivity index (χ0n) is 13.7. The van der Waals surface area contributed by atoms with Crippen molar-refractivity contribution in [2.24, 2.45) is 0 Å². The number of carbonyl (C=O) groups is 1. The summed E-state index contributed by atoms with van der Waals surface area (Å²) in [7, 11) is 1.66. The molecule has 1 amide bonds. The maximum absolute atomic E-state index is 12.5. The van der Waals surface area contributed by atoms with Crippen LogP contribution in [0.3, 0.4) is 0 Å². The molecule has 4 rings (SSSR count). The third-order valence-corrected chi connectivity index (χ3v) is 6.03. The number of halogens is 1. The van der Waals surface area contributed by atoms with Crippen LogP contribution in [0.25, 0.3) is 11.3 Å². The first-order valence-electron chi connectivity index (χ1n) is 7.81. The second-order valence-corrected chi connectivity index (χ2v) is 7.78. The molecular weight excluding hydrogens is 400 g/mol. The van der Waals surface area contributed by atoms with E-state index in [0.717, 1.165) is 38.3 Å². The van der Waals surface area contributed by atoms with E-state index in [-0.39, 0.29) is 5.91 Å². The Labute approximate surface area is 158 Å². The number of nitrogens with one attached hydrogen (secondary N) is 1. The molecule has 0 spiro atoms. The average Bonchev–Trinajstić information content (AvgIpc) is 3.14. The standard InChI is InChI=1S/C19H15BrN2O2S/c1-10-5-3-4-6-11(10)18(23)22-19-21-17-15(25-19)9-12-13(20)7-8-14(24-2)16(12)17/h3-8H,9H2,1-2H3,(H,21,22,23). The summed E-state index contributed by atoms with van der Waals surface area (Å²) in [5.41, 5.74) is 4.71. The molecule has 126 valence electrons. The van der Waals surface area contributed by atoms with Crippen LogP contribution in [0, 0.1) is 6.92 Å². The second kappa shape index (κ2) is 6.28. The van der Waals surface area contributed by atoms with Gasteiger partial charge in [0.15, 0.2) is 5.13 Å². The van der Waals surface area contributed by atoms with Crippen LogP contribution in [0.1, 0.15) is 26.4 Å². The molecule has 0 saturated heterocycles. The Balaban J connectivity index is 1.68. The number of benzene rings is 2. The van der Waals surface area contributed by atoms with E-state index >= 15 is 0 Å². The molecule has 2 aromatic carbocycles. The molecule has 0 fully saturated rings. The molecule has 1 heterocycles. The number of anilines is 1. The van der Waals surface area contributed by atoms with Crippen LogP contribution in [-0.2, 0) is 6.42 Å². The summed E-state index contributed by atoms with van der Waals surface area (Å²) in [5.74, 6) is 0.672. The lowest BCUT2D eigenvalue weighted by Gasteiger charge is -2.09. The number of carbonyl (C=O) groups excluding carboxylic acids is 1. The van der Waals surface area contributed by atoms with Crippen molar-refractivity contribution >= 4 is 38.3 Å². The molecule has 4 nitrogen and oxygen atoms in total. The van der Waals surface area contributed by atoms with E-state index in [2.05, 4.69) is 26.2 Å². The SMILES string of the molecule is COc1ccc(Br)c2c1-c1nc(NC(=O)c3ccccc3C)sc1C2. The Morgan fingerprint density at radius 1 is 1.28 bits per heavy atom. The number of ether oxygens (including phenoxy) is 1. The van der Waals surface area contributed by atoms with E-state index in [1.165, 1.54) is 16.9 Å². The molecule has 25 heavy (non-hydrogen) atoms. The van der Waals surface area contributed by atoms with E-state index in [1.54, 1.807) is 7.11 Å². The van der Waals surface area contributed by atoms with Gasteiger partial charge in [-0.25, -0.2) is 4.98 Å². The molecule has 3 aromatic rings. The zero-order chi connectivity index (χ0) is 17.6. The monoisotopic (exact) mass is 414 g/mol. The average molecular weight is 415 g/mol. The highest BCUT2D eigenvalue weighted by atomic mass is 79.9. The number of fused-ring (bicyclic) bond motifs is 3. The van der Waals surface area contributed by atoms with Crippen LogP contribution in [0.5, 0.6) is 5.75 Å². The lowest BCUT2D eigenvalue weighted by atomic mass is 10.1. The Bertz CT molecular complexity index is 997. The first kappa shape index (κ1) is 16.3. The Morgan fingerprint density at radius 2 is 2.08 bits per heavy atom. The molecule has 6 heteroatoms. The van der Waals surface area contributed by atoms with E-state index in [9.17, 15) is 4.79 Å². The van der Waals surface area contributed by atoms with Gasteiger partial charge in [0, 0.05) is 26.9 Å². The number of thiazole rings is 1. The topological polar surface area (TPSA) is 51.2 Å². The molecule has 1 N–H and O–H groups in total. The lowest BCUT2D eigenvalue weighted by molar-refractivity contribution is 0.102. The zero-order valence-corrected chi connectivity index (χ0v) is 16.1. The number of hydrogen-bond acceptors (Lipinski definition) is 4. The van der Waals surface area contributed by atoms with E-state index in [4.69, 9.17) is 4.74 Å². The predicted octanol–water partition coefficient (Wildman–Crippen LogP) is 5.05. The molecule has 0 radical (unpaired) electrons. The molecule has 0 unspecified atom stereocenters. The Kier molecular flexibility index (Phi) is 4.09. The second-order valence-electron chi connectivity index (χ2n) is 5.84. The van der Waals surface area contributed by atoms with Gasteiger partial charge in [-0.3, -0.25) is 10.1 Å². The number of methoxy groups -OCH3 is 1. The van der Waals surface area contributed by atoms with Gasteiger partial charge in [-0.1, -0.05) is 34.1 Å². The minimum Gasteiger partial charge on any atom is -0.496 e. The van der Waals surface area contributed by atoms with Crippen molar-refractivity contribution in [3.05, 3.63) is 62.4 Å². The third-order valence-electron chi connectivity index (χ3n) is 4.32. The summed E-state index contributed by atoms with van der Waals surface area (Å²) in [6.07, 6.45) is 0.792. The Hall–Kier alpha value is -2.18. The van der Waals surface area contributed by atoms with Gasteiger partial charge in [-0.05, 0) is 36.2 Å². The smallest absolute Gasteiger partial charge is 0.257 e. The van der Waals surface area contributed by atoms with Crippen LogP contribution in [0.4, 0.5) is 5.13 Å². The third kappa shape index (κ3) is 2.75. The summed E-state index contributed by atoms with van der Waals surface area (Å²) in [5, 5.41) is 3.54. The van der Waals surface area contributed by atoms with Crippen molar-refractivity contribution in [2.45, 2.75) is 13.3 Å². The van der Waals surface area contributed by atoms with Crippen molar-refractivity contribution in [1.29, 1.82) is 0 Å². The summed E-state index contributed by atoms with van der Waals surface area (Å²) in [6, 6.07) is 11.5. The van der Waals surface area contributed by atoms with Gasteiger partial charge < -0.3 is 4.74 Å². The van der Waals surface area contributed by atoms with Crippen LogP contribution >= 0.6 is 27.3 Å². The maximum Gasteiger partial charge on any atom is 0.257 e. The Morgan fingerprint density at radius 3 is 2.84 bits per heavy atom. The maximum atomic E-state index is 12.5. The number of hydrogen-bond donors (Lipinski definition) is 1. The quantitative estimate of drug-likeness (QED) is 0.510. The summed E-state index contributed by atoms with van der Waals surface area (Å²) in [6.45, 7) is 1.93. The number of rotatable bonds is 3. The number of aromatic nitrogens is 1. The van der Waals surface area contributed by atoms with E-state index in [0.29, 0.717) is 10.7 Å². The number of aryl methyl sites for hydroxylation is 1. The fourth-order valence-corrected chi connectivity index (χ4v) is 4.52. The molecule has 1 aliphatic carbocycles. The number of nitrogens with zero attached hydrogens (tertiary/aromatic N) is 1. The molecule has 1 aliphatic rings. The van der Waals surface area contributed by atoms with Crippen LogP contribution < -0.4 is 10.1 Å². The van der Waals surface area contributed by atoms with E-state index < -0.39 is 0 Å². The van der Waals surface area contributed by atoms with Gasteiger partial charge in [-0.15, -0.1) is 11.3 Å². The van der Waals surface area contributed by atoms with Crippen molar-refractivity contribution in [3.63, 3.8) is 0 Å². The molecule has 1 aromatic heterocycles. The predicted molar refractivity (Wildman–Crippen MR) is 104 cm³/mol. The molecule has 0 atom stereocenters. The minimum absolute atomic E-state index is 0.132. The first-order chi connectivity index (χ1) is 12.1. The van der Waals surface area contributed by atoms with Crippen molar-refractivity contribution < 1.29 is 9.53 Å². The van der Waals surface area contributed by atoms with Gasteiger partial charge in [0.25, 0.3) is 5.91 Å². The minimum atomic E-state index is -0.132. The largest absolute Gasteiger partial charge is 0.496 e. The summed E-state index contributed by atoms with van der Waals surface area (Å²) >= 11 is 5.12. The van der Waals surface area contributed by atoms with Crippen molar-refractivity contribution in [1.82, 2.24) is 4.98 Å². The van der Waals surface area contributed by atoms with Gasteiger partial charge in [0.2, 0.25) is 0 Å². The van der Waals surface area contributed by atoms with Crippen molar-refractivity contribution in [2.75, 3.05) is 12.4 Å². The number of amides is 1. The summed E-state index contributed by atoms with van der Waals surface area (Å²) < 4.78 is 6.56. The summed E-state index contributed by atoms with van der Waals surface area (Å²) in [4.78, 5) is 18.3. The molecule has 0 saturated carbocycles. The highest BCUT2D eigenvalue weighted by Crippen LogP contribution is 2.48. The fraction of sp³-hybridized carbons (Fsp3) is 0.158. The highest BCUT2D eigenvalue weighted by Gasteiger charge is 2.29.